The normalized spacial score (nSPS) is 18.6. The van der Waals surface area contributed by atoms with Gasteiger partial charge in [0.15, 0.2) is 0 Å². The van der Waals surface area contributed by atoms with Gasteiger partial charge in [-0.05, 0) is 65.4 Å². The van der Waals surface area contributed by atoms with Gasteiger partial charge in [-0.1, -0.05) is 36.4 Å². The predicted molar refractivity (Wildman–Crippen MR) is 121 cm³/mol. The first-order valence-electron chi connectivity index (χ1n) is 11.0. The van der Waals surface area contributed by atoms with Gasteiger partial charge in [-0.3, -0.25) is 9.69 Å². The molecule has 0 unspecified atom stereocenters. The van der Waals surface area contributed by atoms with Crippen molar-refractivity contribution >= 4 is 5.91 Å². The molecule has 1 N–H and O–H groups in total. The minimum Gasteiger partial charge on any atom is -0.496 e. The molecule has 1 fully saturated rings. The molecular formula is C24H30N6O2. The van der Waals surface area contributed by atoms with Crippen LogP contribution in [0.3, 0.4) is 0 Å². The SMILES string of the molecule is COc1ccc(CN2C[C@H](n3cnnn3)C[C@H]2C(=O)NCCc2ccccc2)c(C)c1C. The second-order valence-electron chi connectivity index (χ2n) is 8.33. The first kappa shape index (κ1) is 22.0. The summed E-state index contributed by atoms with van der Waals surface area (Å²) in [5.41, 5.74) is 4.73. The van der Waals surface area contributed by atoms with Gasteiger partial charge in [0.05, 0.1) is 19.2 Å². The maximum absolute atomic E-state index is 13.2. The Balaban J connectivity index is 1.47. The molecule has 8 heteroatoms. The summed E-state index contributed by atoms with van der Waals surface area (Å²) in [7, 11) is 1.69. The van der Waals surface area contributed by atoms with Crippen LogP contribution in [0.2, 0.25) is 0 Å². The van der Waals surface area contributed by atoms with Crippen LogP contribution in [0, 0.1) is 13.8 Å². The fraction of sp³-hybridized carbons (Fsp3) is 0.417. The van der Waals surface area contributed by atoms with Crippen LogP contribution in [-0.4, -0.2) is 57.3 Å². The van der Waals surface area contributed by atoms with E-state index in [-0.39, 0.29) is 18.0 Å². The number of carbonyl (C=O) groups is 1. The highest BCUT2D eigenvalue weighted by atomic mass is 16.5. The molecular weight excluding hydrogens is 404 g/mol. The Bertz CT molecular complexity index is 1040. The van der Waals surface area contributed by atoms with Gasteiger partial charge < -0.3 is 10.1 Å². The van der Waals surface area contributed by atoms with Crippen molar-refractivity contribution in [2.45, 2.75) is 45.3 Å². The van der Waals surface area contributed by atoms with Gasteiger partial charge in [0.1, 0.15) is 12.1 Å². The lowest BCUT2D eigenvalue weighted by Crippen LogP contribution is -2.43. The van der Waals surface area contributed by atoms with Crippen molar-refractivity contribution in [2.24, 2.45) is 0 Å². The van der Waals surface area contributed by atoms with Gasteiger partial charge in [-0.15, -0.1) is 5.10 Å². The average Bonchev–Trinajstić information content (AvgIpc) is 3.48. The number of hydrogen-bond acceptors (Lipinski definition) is 6. The van der Waals surface area contributed by atoms with Crippen LogP contribution in [0.5, 0.6) is 5.75 Å². The fourth-order valence-corrected chi connectivity index (χ4v) is 4.41. The van der Waals surface area contributed by atoms with E-state index in [0.29, 0.717) is 26.1 Å². The number of carbonyl (C=O) groups excluding carboxylic acids is 1. The molecule has 1 amide bonds. The lowest BCUT2D eigenvalue weighted by Gasteiger charge is -2.25. The van der Waals surface area contributed by atoms with E-state index in [1.165, 1.54) is 16.7 Å². The van der Waals surface area contributed by atoms with Crippen LogP contribution in [-0.2, 0) is 17.8 Å². The number of amides is 1. The van der Waals surface area contributed by atoms with E-state index in [1.54, 1.807) is 18.1 Å². The summed E-state index contributed by atoms with van der Waals surface area (Å²) in [6, 6.07) is 14.1. The molecule has 168 valence electrons. The van der Waals surface area contributed by atoms with Gasteiger partial charge in [-0.25, -0.2) is 4.68 Å². The summed E-state index contributed by atoms with van der Waals surface area (Å²) in [4.78, 5) is 15.4. The summed E-state index contributed by atoms with van der Waals surface area (Å²) in [6.07, 6.45) is 3.12. The number of rotatable bonds is 8. The summed E-state index contributed by atoms with van der Waals surface area (Å²) >= 11 is 0. The third-order valence-electron chi connectivity index (χ3n) is 6.42. The molecule has 1 aliphatic rings. The third-order valence-corrected chi connectivity index (χ3v) is 6.42. The number of aromatic nitrogens is 4. The number of nitrogens with one attached hydrogen (secondary N) is 1. The Labute approximate surface area is 188 Å². The molecule has 2 aromatic carbocycles. The molecule has 32 heavy (non-hydrogen) atoms. The molecule has 0 spiro atoms. The minimum atomic E-state index is -0.234. The first-order chi connectivity index (χ1) is 15.6. The lowest BCUT2D eigenvalue weighted by atomic mass is 10.0. The van der Waals surface area contributed by atoms with Crippen molar-refractivity contribution < 1.29 is 9.53 Å². The van der Waals surface area contributed by atoms with Crippen LogP contribution in [0.25, 0.3) is 0 Å². The third kappa shape index (κ3) is 4.80. The zero-order valence-corrected chi connectivity index (χ0v) is 18.9. The largest absolute Gasteiger partial charge is 0.496 e. The van der Waals surface area contributed by atoms with Gasteiger partial charge in [0.25, 0.3) is 0 Å². The molecule has 0 radical (unpaired) electrons. The topological polar surface area (TPSA) is 85.2 Å². The molecule has 1 aliphatic heterocycles. The van der Waals surface area contributed by atoms with Crippen molar-refractivity contribution in [3.05, 3.63) is 71.0 Å². The first-order valence-corrected chi connectivity index (χ1v) is 11.0. The molecule has 0 aliphatic carbocycles. The fourth-order valence-electron chi connectivity index (χ4n) is 4.41. The number of methoxy groups -OCH3 is 1. The Morgan fingerprint density at radius 2 is 1.97 bits per heavy atom. The number of nitrogens with zero attached hydrogens (tertiary/aromatic N) is 5. The Morgan fingerprint density at radius 3 is 2.69 bits per heavy atom. The number of ether oxygens (including phenoxy) is 1. The van der Waals surface area contributed by atoms with Gasteiger partial charge in [0, 0.05) is 19.6 Å². The van der Waals surface area contributed by atoms with Crippen molar-refractivity contribution in [3.63, 3.8) is 0 Å². The number of likely N-dealkylation sites (tertiary alicyclic amines) is 1. The Kier molecular flexibility index (Phi) is 6.80. The Morgan fingerprint density at radius 1 is 1.16 bits per heavy atom. The van der Waals surface area contributed by atoms with Gasteiger partial charge in [0.2, 0.25) is 5.91 Å². The predicted octanol–water partition coefficient (Wildman–Crippen LogP) is 2.47. The van der Waals surface area contributed by atoms with E-state index in [4.69, 9.17) is 4.74 Å². The van der Waals surface area contributed by atoms with E-state index in [2.05, 4.69) is 57.8 Å². The molecule has 2 atom stereocenters. The maximum atomic E-state index is 13.2. The van der Waals surface area contributed by atoms with Crippen molar-refractivity contribution in [2.75, 3.05) is 20.2 Å². The summed E-state index contributed by atoms with van der Waals surface area (Å²) < 4.78 is 7.21. The second-order valence-corrected chi connectivity index (χ2v) is 8.33. The number of tetrazole rings is 1. The summed E-state index contributed by atoms with van der Waals surface area (Å²) in [6.45, 7) is 6.19. The van der Waals surface area contributed by atoms with Crippen molar-refractivity contribution in [1.29, 1.82) is 0 Å². The van der Waals surface area contributed by atoms with Gasteiger partial charge in [-0.2, -0.15) is 0 Å². The number of benzene rings is 2. The average molecular weight is 435 g/mol. The van der Waals surface area contributed by atoms with E-state index in [9.17, 15) is 4.79 Å². The van der Waals surface area contributed by atoms with Crippen molar-refractivity contribution in [3.8, 4) is 5.75 Å². The van der Waals surface area contributed by atoms with Crippen LogP contribution in [0.15, 0.2) is 48.8 Å². The molecule has 1 saturated heterocycles. The zero-order valence-electron chi connectivity index (χ0n) is 18.9. The Hall–Kier alpha value is -3.26. The molecule has 1 aromatic heterocycles. The standard InChI is InChI=1S/C24H30N6O2/c1-17-18(2)23(32-3)10-9-20(17)14-29-15-21(30-16-26-27-28-30)13-22(29)24(31)25-12-11-19-7-5-4-6-8-19/h4-10,16,21-22H,11-15H2,1-3H3,(H,25,31)/t21-,22+/m1/s1. The molecule has 8 nitrogen and oxygen atoms in total. The van der Waals surface area contributed by atoms with E-state index < -0.39 is 0 Å². The van der Waals surface area contributed by atoms with Crippen LogP contribution in [0.1, 0.15) is 34.7 Å². The maximum Gasteiger partial charge on any atom is 0.237 e. The molecule has 2 heterocycles. The summed E-state index contributed by atoms with van der Waals surface area (Å²) in [5, 5.41) is 14.8. The summed E-state index contributed by atoms with van der Waals surface area (Å²) in [5.74, 6) is 0.939. The quantitative estimate of drug-likeness (QED) is 0.586. The van der Waals surface area contributed by atoms with Crippen LogP contribution >= 0.6 is 0 Å². The molecule has 3 aromatic rings. The van der Waals surface area contributed by atoms with Crippen LogP contribution < -0.4 is 10.1 Å². The smallest absolute Gasteiger partial charge is 0.237 e. The highest BCUT2D eigenvalue weighted by molar-refractivity contribution is 5.82. The highest BCUT2D eigenvalue weighted by Crippen LogP contribution is 2.31. The van der Waals surface area contributed by atoms with E-state index in [1.807, 2.05) is 24.3 Å². The molecule has 4 rings (SSSR count). The monoisotopic (exact) mass is 434 g/mol. The highest BCUT2D eigenvalue weighted by Gasteiger charge is 2.38. The van der Waals surface area contributed by atoms with E-state index >= 15 is 0 Å². The minimum absolute atomic E-state index is 0.0550. The number of hydrogen-bond donors (Lipinski definition) is 1. The lowest BCUT2D eigenvalue weighted by molar-refractivity contribution is -0.125. The van der Waals surface area contributed by atoms with Gasteiger partial charge >= 0.3 is 0 Å². The van der Waals surface area contributed by atoms with Crippen molar-refractivity contribution in [1.82, 2.24) is 30.4 Å². The molecule has 0 saturated carbocycles. The second kappa shape index (κ2) is 9.91. The van der Waals surface area contributed by atoms with E-state index in [0.717, 1.165) is 17.7 Å². The van der Waals surface area contributed by atoms with Crippen LogP contribution in [0.4, 0.5) is 0 Å². The molecule has 0 bridgehead atoms. The zero-order chi connectivity index (χ0) is 22.5.